The highest BCUT2D eigenvalue weighted by atomic mass is 79.9. The number of nitrogens with zero attached hydrogens (tertiary/aromatic N) is 1. The number of hydrogen-bond acceptors (Lipinski definition) is 2. The largest absolute Gasteiger partial charge is 0.384 e. The van der Waals surface area contributed by atoms with Crippen LogP contribution < -0.4 is 5.32 Å². The quantitative estimate of drug-likeness (QED) is 0.854. The summed E-state index contributed by atoms with van der Waals surface area (Å²) in [6.07, 6.45) is 4.49. The zero-order valence-corrected chi connectivity index (χ0v) is 13.2. The molecule has 0 unspecified atom stereocenters. The molecule has 1 N–H and O–H groups in total. The fourth-order valence-corrected chi connectivity index (χ4v) is 3.59. The van der Waals surface area contributed by atoms with Gasteiger partial charge >= 0.3 is 0 Å². The van der Waals surface area contributed by atoms with Gasteiger partial charge in [-0.3, -0.25) is 4.98 Å². The molecule has 19 heavy (non-hydrogen) atoms. The van der Waals surface area contributed by atoms with Gasteiger partial charge in [0.25, 0.3) is 0 Å². The van der Waals surface area contributed by atoms with Crippen molar-refractivity contribution in [2.75, 3.05) is 11.9 Å². The second-order valence-corrected chi connectivity index (χ2v) is 6.30. The number of pyridine rings is 1. The first-order valence-electron chi connectivity index (χ1n) is 6.75. The van der Waals surface area contributed by atoms with E-state index in [9.17, 15) is 0 Å². The molecule has 0 fully saturated rings. The average molecular weight is 340 g/mol. The molecule has 0 radical (unpaired) electrons. The van der Waals surface area contributed by atoms with Gasteiger partial charge in [0.2, 0.25) is 0 Å². The van der Waals surface area contributed by atoms with Crippen molar-refractivity contribution >= 4 is 44.1 Å². The first-order valence-corrected chi connectivity index (χ1v) is 7.92. The SMILES string of the molecule is CCCNc1c2c(nc3c(Cl)cc(Br)cc13)CCC2. The maximum atomic E-state index is 6.35. The van der Waals surface area contributed by atoms with Gasteiger partial charge in [-0.15, -0.1) is 0 Å². The molecule has 1 heterocycles. The van der Waals surface area contributed by atoms with Crippen LogP contribution in [0.25, 0.3) is 10.9 Å². The summed E-state index contributed by atoms with van der Waals surface area (Å²) in [4.78, 5) is 4.77. The minimum absolute atomic E-state index is 0.721. The van der Waals surface area contributed by atoms with Crippen LogP contribution in [0.15, 0.2) is 16.6 Å². The Morgan fingerprint density at radius 2 is 2.21 bits per heavy atom. The minimum atomic E-state index is 0.721. The number of rotatable bonds is 3. The summed E-state index contributed by atoms with van der Waals surface area (Å²) in [5.74, 6) is 0. The molecule has 0 spiro atoms. The van der Waals surface area contributed by atoms with Crippen LogP contribution in [0.2, 0.25) is 5.02 Å². The van der Waals surface area contributed by atoms with Crippen LogP contribution in [0.3, 0.4) is 0 Å². The standard InChI is InChI=1S/C15H16BrClN2/c1-2-6-18-14-10-4-3-5-13(10)19-15-11(14)7-9(16)8-12(15)17/h7-8H,2-6H2,1H3,(H,18,19). The summed E-state index contributed by atoms with van der Waals surface area (Å²) < 4.78 is 1.00. The van der Waals surface area contributed by atoms with Gasteiger partial charge in [0.05, 0.1) is 10.5 Å². The molecule has 1 aromatic heterocycles. The van der Waals surface area contributed by atoms with Crippen LogP contribution >= 0.6 is 27.5 Å². The van der Waals surface area contributed by atoms with E-state index in [0.29, 0.717) is 0 Å². The number of benzene rings is 1. The summed E-state index contributed by atoms with van der Waals surface area (Å²) in [6, 6.07) is 4.03. The molecule has 0 saturated carbocycles. The second-order valence-electron chi connectivity index (χ2n) is 4.98. The lowest BCUT2D eigenvalue weighted by atomic mass is 10.1. The topological polar surface area (TPSA) is 24.9 Å². The van der Waals surface area contributed by atoms with Gasteiger partial charge in [0, 0.05) is 27.8 Å². The minimum Gasteiger partial charge on any atom is -0.384 e. The molecule has 0 saturated heterocycles. The van der Waals surface area contributed by atoms with E-state index in [1.54, 1.807) is 0 Å². The molecule has 2 nitrogen and oxygen atoms in total. The lowest BCUT2D eigenvalue weighted by Crippen LogP contribution is -2.05. The Kier molecular flexibility index (Phi) is 3.68. The van der Waals surface area contributed by atoms with Crippen LogP contribution in [0.4, 0.5) is 5.69 Å². The van der Waals surface area contributed by atoms with Gasteiger partial charge in [-0.2, -0.15) is 0 Å². The predicted octanol–water partition coefficient (Wildman–Crippen LogP) is 4.96. The summed E-state index contributed by atoms with van der Waals surface area (Å²) in [5.41, 5.74) is 4.76. The van der Waals surface area contributed by atoms with Gasteiger partial charge in [-0.1, -0.05) is 34.5 Å². The van der Waals surface area contributed by atoms with Crippen molar-refractivity contribution in [2.45, 2.75) is 32.6 Å². The van der Waals surface area contributed by atoms with E-state index >= 15 is 0 Å². The summed E-state index contributed by atoms with van der Waals surface area (Å²) in [5, 5.41) is 5.43. The second kappa shape index (κ2) is 5.29. The number of aryl methyl sites for hydroxylation is 1. The average Bonchev–Trinajstić information content (AvgIpc) is 2.83. The first kappa shape index (κ1) is 13.2. The Hall–Kier alpha value is -0.800. The Bertz CT molecular complexity index is 640. The molecule has 0 atom stereocenters. The predicted molar refractivity (Wildman–Crippen MR) is 85.3 cm³/mol. The highest BCUT2D eigenvalue weighted by molar-refractivity contribution is 9.10. The highest BCUT2D eigenvalue weighted by Crippen LogP contribution is 2.38. The molecular formula is C15H16BrClN2. The number of halogens is 2. The van der Waals surface area contributed by atoms with E-state index in [0.717, 1.165) is 46.2 Å². The van der Waals surface area contributed by atoms with E-state index in [2.05, 4.69) is 34.2 Å². The first-order chi connectivity index (χ1) is 9.20. The number of nitrogens with one attached hydrogen (secondary N) is 1. The zero-order valence-electron chi connectivity index (χ0n) is 10.9. The van der Waals surface area contributed by atoms with E-state index in [1.807, 2.05) is 6.07 Å². The summed E-state index contributed by atoms with van der Waals surface area (Å²) in [6.45, 7) is 3.16. The van der Waals surface area contributed by atoms with Crippen LogP contribution in [-0.2, 0) is 12.8 Å². The molecular weight excluding hydrogens is 324 g/mol. The lowest BCUT2D eigenvalue weighted by Gasteiger charge is -2.15. The number of aromatic nitrogens is 1. The maximum Gasteiger partial charge on any atom is 0.0913 e. The van der Waals surface area contributed by atoms with Crippen LogP contribution in [0.5, 0.6) is 0 Å². The van der Waals surface area contributed by atoms with Crippen molar-refractivity contribution in [3.05, 3.63) is 32.9 Å². The molecule has 1 aliphatic rings. The zero-order chi connectivity index (χ0) is 13.4. The van der Waals surface area contributed by atoms with Crippen LogP contribution in [0.1, 0.15) is 31.0 Å². The molecule has 4 heteroatoms. The molecule has 2 aromatic rings. The van der Waals surface area contributed by atoms with Crippen molar-refractivity contribution in [3.8, 4) is 0 Å². The Labute approximate surface area is 126 Å². The van der Waals surface area contributed by atoms with Crippen LogP contribution in [0, 0.1) is 0 Å². The van der Waals surface area contributed by atoms with Crippen molar-refractivity contribution in [3.63, 3.8) is 0 Å². The summed E-state index contributed by atoms with van der Waals surface area (Å²) >= 11 is 9.88. The van der Waals surface area contributed by atoms with Gasteiger partial charge in [0.1, 0.15) is 0 Å². The Morgan fingerprint density at radius 1 is 1.37 bits per heavy atom. The van der Waals surface area contributed by atoms with Gasteiger partial charge in [0.15, 0.2) is 0 Å². The smallest absolute Gasteiger partial charge is 0.0913 e. The van der Waals surface area contributed by atoms with Gasteiger partial charge in [-0.25, -0.2) is 0 Å². The molecule has 0 bridgehead atoms. The van der Waals surface area contributed by atoms with Crippen molar-refractivity contribution in [1.29, 1.82) is 0 Å². The third-order valence-electron chi connectivity index (χ3n) is 3.59. The molecule has 1 aliphatic carbocycles. The molecule has 100 valence electrons. The van der Waals surface area contributed by atoms with E-state index in [1.165, 1.54) is 23.4 Å². The molecule has 0 aliphatic heterocycles. The Balaban J connectivity index is 2.28. The number of anilines is 1. The van der Waals surface area contributed by atoms with E-state index < -0.39 is 0 Å². The van der Waals surface area contributed by atoms with Crippen LogP contribution in [-0.4, -0.2) is 11.5 Å². The van der Waals surface area contributed by atoms with Crippen molar-refractivity contribution in [1.82, 2.24) is 4.98 Å². The third kappa shape index (κ3) is 2.34. The van der Waals surface area contributed by atoms with Crippen molar-refractivity contribution < 1.29 is 0 Å². The summed E-state index contributed by atoms with van der Waals surface area (Å²) in [7, 11) is 0. The van der Waals surface area contributed by atoms with E-state index in [4.69, 9.17) is 16.6 Å². The monoisotopic (exact) mass is 338 g/mol. The fraction of sp³-hybridized carbons (Fsp3) is 0.400. The van der Waals surface area contributed by atoms with E-state index in [-0.39, 0.29) is 0 Å². The van der Waals surface area contributed by atoms with Gasteiger partial charge in [-0.05, 0) is 43.4 Å². The Morgan fingerprint density at radius 3 is 3.00 bits per heavy atom. The normalized spacial score (nSPS) is 13.8. The molecule has 0 amide bonds. The van der Waals surface area contributed by atoms with Crippen molar-refractivity contribution in [2.24, 2.45) is 0 Å². The molecule has 3 rings (SSSR count). The highest BCUT2D eigenvalue weighted by Gasteiger charge is 2.20. The molecule has 1 aromatic carbocycles. The lowest BCUT2D eigenvalue weighted by molar-refractivity contribution is 0.900. The number of hydrogen-bond donors (Lipinski definition) is 1. The van der Waals surface area contributed by atoms with Gasteiger partial charge < -0.3 is 5.32 Å². The third-order valence-corrected chi connectivity index (χ3v) is 4.33. The fourth-order valence-electron chi connectivity index (χ4n) is 2.74. The number of fused-ring (bicyclic) bond motifs is 2. The maximum absolute atomic E-state index is 6.35.